The van der Waals surface area contributed by atoms with Crippen LogP contribution in [0.15, 0.2) is 54.6 Å². The Bertz CT molecular complexity index is 1140. The quantitative estimate of drug-likeness (QED) is 0.585. The molecule has 2 heterocycles. The number of benzene rings is 2. The number of amides is 3. The summed E-state index contributed by atoms with van der Waals surface area (Å²) in [7, 11) is 0. The number of carbonyl (C=O) groups is 3. The fourth-order valence-electron chi connectivity index (χ4n) is 3.33. The molecule has 0 aliphatic carbocycles. The standard InChI is InChI=1S/C22H17ClN2O3S/c1-2-13-5-3-6-14(11-13)12-25-21(27)15-7-4-8-16(19(15)22(25)28)24-20(26)17-9-10-18(23)29-17/h3-11H,2,12H2,1H3,(H,24,26). The molecular weight excluding hydrogens is 408 g/mol. The molecule has 0 radical (unpaired) electrons. The number of hydrogen-bond donors (Lipinski definition) is 1. The van der Waals surface area contributed by atoms with Crippen molar-refractivity contribution in [2.24, 2.45) is 0 Å². The van der Waals surface area contributed by atoms with Gasteiger partial charge < -0.3 is 5.32 Å². The molecule has 1 aliphatic heterocycles. The van der Waals surface area contributed by atoms with Gasteiger partial charge in [-0.1, -0.05) is 48.9 Å². The highest BCUT2D eigenvalue weighted by atomic mass is 35.5. The Kier molecular flexibility index (Phi) is 5.22. The van der Waals surface area contributed by atoms with Crippen LogP contribution < -0.4 is 5.32 Å². The molecule has 5 nitrogen and oxygen atoms in total. The smallest absolute Gasteiger partial charge is 0.265 e. The number of imide groups is 1. The lowest BCUT2D eigenvalue weighted by atomic mass is 10.1. The summed E-state index contributed by atoms with van der Waals surface area (Å²) in [5.74, 6) is -1.14. The SMILES string of the molecule is CCc1cccc(CN2C(=O)c3cccc(NC(=O)c4ccc(Cl)s4)c3C2=O)c1. The molecule has 0 spiro atoms. The van der Waals surface area contributed by atoms with E-state index in [1.165, 1.54) is 4.90 Å². The first-order chi connectivity index (χ1) is 14.0. The van der Waals surface area contributed by atoms with Crippen molar-refractivity contribution >= 4 is 46.3 Å². The summed E-state index contributed by atoms with van der Waals surface area (Å²) < 4.78 is 0.500. The van der Waals surface area contributed by atoms with Gasteiger partial charge in [0.25, 0.3) is 17.7 Å². The molecule has 146 valence electrons. The molecule has 2 aromatic carbocycles. The lowest BCUT2D eigenvalue weighted by molar-refractivity contribution is 0.0642. The van der Waals surface area contributed by atoms with Crippen molar-refractivity contribution in [1.82, 2.24) is 4.90 Å². The summed E-state index contributed by atoms with van der Waals surface area (Å²) in [5, 5.41) is 2.74. The van der Waals surface area contributed by atoms with Gasteiger partial charge >= 0.3 is 0 Å². The minimum atomic E-state index is -0.410. The van der Waals surface area contributed by atoms with Crippen molar-refractivity contribution in [1.29, 1.82) is 0 Å². The molecule has 1 aliphatic rings. The minimum Gasteiger partial charge on any atom is -0.321 e. The van der Waals surface area contributed by atoms with Gasteiger partial charge in [0.15, 0.2) is 0 Å². The molecule has 1 aromatic heterocycles. The predicted octanol–water partition coefficient (Wildman–Crippen LogP) is 5.01. The van der Waals surface area contributed by atoms with Gasteiger partial charge in [-0.15, -0.1) is 11.3 Å². The van der Waals surface area contributed by atoms with E-state index < -0.39 is 5.91 Å². The summed E-state index contributed by atoms with van der Waals surface area (Å²) in [4.78, 5) is 40.0. The summed E-state index contributed by atoms with van der Waals surface area (Å²) in [6, 6.07) is 16.0. The van der Waals surface area contributed by atoms with Crippen LogP contribution in [0.4, 0.5) is 5.69 Å². The van der Waals surface area contributed by atoms with E-state index in [2.05, 4.69) is 12.2 Å². The highest BCUT2D eigenvalue weighted by molar-refractivity contribution is 7.18. The van der Waals surface area contributed by atoms with E-state index in [0.29, 0.717) is 20.5 Å². The third kappa shape index (κ3) is 3.69. The maximum atomic E-state index is 13.0. The molecule has 0 unspecified atom stereocenters. The van der Waals surface area contributed by atoms with Crippen LogP contribution in [0.25, 0.3) is 0 Å². The van der Waals surface area contributed by atoms with E-state index in [4.69, 9.17) is 11.6 Å². The van der Waals surface area contributed by atoms with Crippen molar-refractivity contribution in [3.63, 3.8) is 0 Å². The van der Waals surface area contributed by atoms with Crippen molar-refractivity contribution in [3.05, 3.63) is 86.1 Å². The number of aryl methyl sites for hydroxylation is 1. The second-order valence-electron chi connectivity index (χ2n) is 6.66. The van der Waals surface area contributed by atoms with Crippen LogP contribution >= 0.6 is 22.9 Å². The van der Waals surface area contributed by atoms with Crippen LogP contribution in [-0.2, 0) is 13.0 Å². The van der Waals surface area contributed by atoms with Gasteiger partial charge in [-0.3, -0.25) is 19.3 Å². The highest BCUT2D eigenvalue weighted by Gasteiger charge is 2.37. The van der Waals surface area contributed by atoms with E-state index in [0.717, 1.165) is 28.9 Å². The maximum absolute atomic E-state index is 13.0. The van der Waals surface area contributed by atoms with Crippen LogP contribution in [-0.4, -0.2) is 22.6 Å². The van der Waals surface area contributed by atoms with Gasteiger partial charge in [-0.25, -0.2) is 0 Å². The van der Waals surface area contributed by atoms with E-state index in [-0.39, 0.29) is 23.9 Å². The Hall–Kier alpha value is -2.96. The average Bonchev–Trinajstić information content (AvgIpc) is 3.26. The van der Waals surface area contributed by atoms with Crippen LogP contribution in [0.3, 0.4) is 0 Å². The number of thiophene rings is 1. The average molecular weight is 425 g/mol. The third-order valence-corrected chi connectivity index (χ3v) is 6.01. The molecule has 7 heteroatoms. The van der Waals surface area contributed by atoms with Gasteiger partial charge in [-0.2, -0.15) is 0 Å². The molecule has 3 amide bonds. The monoisotopic (exact) mass is 424 g/mol. The molecule has 0 atom stereocenters. The van der Waals surface area contributed by atoms with Gasteiger partial charge in [0.2, 0.25) is 0 Å². The Morgan fingerprint density at radius 3 is 2.52 bits per heavy atom. The zero-order valence-electron chi connectivity index (χ0n) is 15.6. The molecule has 1 N–H and O–H groups in total. The van der Waals surface area contributed by atoms with E-state index in [1.54, 1.807) is 30.3 Å². The van der Waals surface area contributed by atoms with E-state index in [9.17, 15) is 14.4 Å². The lowest BCUT2D eigenvalue weighted by Crippen LogP contribution is -2.29. The lowest BCUT2D eigenvalue weighted by Gasteiger charge is -2.14. The number of anilines is 1. The van der Waals surface area contributed by atoms with Gasteiger partial charge in [0.1, 0.15) is 0 Å². The van der Waals surface area contributed by atoms with E-state index in [1.807, 2.05) is 24.3 Å². The third-order valence-electron chi connectivity index (χ3n) is 4.78. The molecule has 0 bridgehead atoms. The predicted molar refractivity (Wildman–Crippen MR) is 114 cm³/mol. The first-order valence-corrected chi connectivity index (χ1v) is 10.3. The first-order valence-electron chi connectivity index (χ1n) is 9.11. The van der Waals surface area contributed by atoms with Gasteiger partial charge in [0.05, 0.1) is 32.6 Å². The summed E-state index contributed by atoms with van der Waals surface area (Å²) >= 11 is 7.04. The molecule has 4 rings (SSSR count). The Morgan fingerprint density at radius 1 is 1.03 bits per heavy atom. The van der Waals surface area contributed by atoms with Crippen LogP contribution in [0.2, 0.25) is 4.34 Å². The Morgan fingerprint density at radius 2 is 1.79 bits per heavy atom. The van der Waals surface area contributed by atoms with Crippen LogP contribution in [0, 0.1) is 0 Å². The molecule has 0 saturated carbocycles. The second-order valence-corrected chi connectivity index (χ2v) is 8.37. The zero-order chi connectivity index (χ0) is 20.5. The molecule has 3 aromatic rings. The molecule has 0 saturated heterocycles. The van der Waals surface area contributed by atoms with Gasteiger partial charge in [0, 0.05) is 0 Å². The van der Waals surface area contributed by atoms with E-state index >= 15 is 0 Å². The first kappa shape index (κ1) is 19.4. The largest absolute Gasteiger partial charge is 0.321 e. The molecular formula is C22H17ClN2O3S. The number of carbonyl (C=O) groups excluding carboxylic acids is 3. The zero-order valence-corrected chi connectivity index (χ0v) is 17.1. The minimum absolute atomic E-state index is 0.189. The van der Waals surface area contributed by atoms with Crippen LogP contribution in [0.5, 0.6) is 0 Å². The summed E-state index contributed by atoms with van der Waals surface area (Å²) in [6.45, 7) is 2.24. The summed E-state index contributed by atoms with van der Waals surface area (Å²) in [6.07, 6.45) is 0.874. The normalized spacial score (nSPS) is 13.0. The van der Waals surface area contributed by atoms with Crippen molar-refractivity contribution < 1.29 is 14.4 Å². The number of nitrogens with zero attached hydrogens (tertiary/aromatic N) is 1. The fourth-order valence-corrected chi connectivity index (χ4v) is 4.27. The van der Waals surface area contributed by atoms with Crippen molar-refractivity contribution in [2.75, 3.05) is 5.32 Å². The Labute approximate surface area is 176 Å². The summed E-state index contributed by atoms with van der Waals surface area (Å²) in [5.41, 5.74) is 2.86. The van der Waals surface area contributed by atoms with Gasteiger partial charge in [-0.05, 0) is 41.8 Å². The molecule has 29 heavy (non-hydrogen) atoms. The fraction of sp³-hybridized carbons (Fsp3) is 0.136. The second kappa shape index (κ2) is 7.81. The Balaban J connectivity index is 1.62. The molecule has 0 fully saturated rings. The number of nitrogens with one attached hydrogen (secondary N) is 1. The highest BCUT2D eigenvalue weighted by Crippen LogP contribution is 2.31. The maximum Gasteiger partial charge on any atom is 0.265 e. The number of rotatable bonds is 5. The topological polar surface area (TPSA) is 66.5 Å². The van der Waals surface area contributed by atoms with Crippen molar-refractivity contribution in [2.45, 2.75) is 19.9 Å². The number of hydrogen-bond acceptors (Lipinski definition) is 4. The number of halogens is 1. The van der Waals surface area contributed by atoms with Crippen molar-refractivity contribution in [3.8, 4) is 0 Å². The van der Waals surface area contributed by atoms with Crippen LogP contribution in [0.1, 0.15) is 48.4 Å². The number of fused-ring (bicyclic) bond motifs is 1.